The number of hydrogen-bond acceptors (Lipinski definition) is 7. The number of rotatable bonds is 5. The van der Waals surface area contributed by atoms with Crippen molar-refractivity contribution in [2.45, 2.75) is 6.42 Å². The Morgan fingerprint density at radius 1 is 1.30 bits per heavy atom. The van der Waals surface area contributed by atoms with Crippen LogP contribution in [0.5, 0.6) is 0 Å². The third-order valence-electron chi connectivity index (χ3n) is 2.61. The summed E-state index contributed by atoms with van der Waals surface area (Å²) in [5.74, 6) is 1.11. The molecule has 0 saturated heterocycles. The van der Waals surface area contributed by atoms with Crippen LogP contribution in [0, 0.1) is 0 Å². The molecule has 0 aliphatic rings. The zero-order valence-electron chi connectivity index (χ0n) is 10.6. The molecule has 20 heavy (non-hydrogen) atoms. The van der Waals surface area contributed by atoms with Crippen LogP contribution in [0.2, 0.25) is 0 Å². The smallest absolute Gasteiger partial charge is 0.241 e. The first-order valence-electron chi connectivity index (χ1n) is 6.07. The molecule has 0 aliphatic heterocycles. The fourth-order valence-electron chi connectivity index (χ4n) is 1.70. The van der Waals surface area contributed by atoms with E-state index in [4.69, 9.17) is 5.73 Å². The molecule has 0 saturated carbocycles. The van der Waals surface area contributed by atoms with Crippen molar-refractivity contribution in [1.82, 2.24) is 24.5 Å². The van der Waals surface area contributed by atoms with Crippen LogP contribution in [0.1, 0.15) is 4.88 Å². The van der Waals surface area contributed by atoms with Gasteiger partial charge in [-0.3, -0.25) is 4.57 Å². The zero-order valence-corrected chi connectivity index (χ0v) is 11.4. The van der Waals surface area contributed by atoms with Crippen molar-refractivity contribution in [3.05, 3.63) is 41.1 Å². The molecule has 0 unspecified atom stereocenters. The van der Waals surface area contributed by atoms with Crippen molar-refractivity contribution in [2.75, 3.05) is 17.6 Å². The molecular weight excluding hydrogens is 274 g/mol. The first-order valence-corrected chi connectivity index (χ1v) is 6.95. The highest BCUT2D eigenvalue weighted by Gasteiger charge is 2.05. The Morgan fingerprint density at radius 2 is 2.25 bits per heavy atom. The molecule has 0 radical (unpaired) electrons. The first-order chi connectivity index (χ1) is 9.81. The molecule has 3 rings (SSSR count). The van der Waals surface area contributed by atoms with Gasteiger partial charge in [0.25, 0.3) is 0 Å². The second-order valence-corrected chi connectivity index (χ2v) is 5.08. The summed E-state index contributed by atoms with van der Waals surface area (Å²) in [4.78, 5) is 17.7. The van der Waals surface area contributed by atoms with E-state index in [1.807, 2.05) is 6.07 Å². The minimum Gasteiger partial charge on any atom is -0.368 e. The lowest BCUT2D eigenvalue weighted by Gasteiger charge is -2.06. The number of anilines is 2. The lowest BCUT2D eigenvalue weighted by molar-refractivity contribution is 0.892. The normalized spacial score (nSPS) is 10.6. The molecule has 3 N–H and O–H groups in total. The summed E-state index contributed by atoms with van der Waals surface area (Å²) in [6.45, 7) is 0.743. The van der Waals surface area contributed by atoms with E-state index in [1.54, 1.807) is 34.6 Å². The molecule has 0 amide bonds. The number of nitrogen functional groups attached to an aromatic ring is 1. The van der Waals surface area contributed by atoms with Crippen LogP contribution in [0.4, 0.5) is 11.9 Å². The predicted molar refractivity (Wildman–Crippen MR) is 77.9 cm³/mol. The molecule has 0 spiro atoms. The number of nitrogens with zero attached hydrogens (tertiary/aromatic N) is 5. The van der Waals surface area contributed by atoms with Gasteiger partial charge in [0.15, 0.2) is 0 Å². The van der Waals surface area contributed by atoms with E-state index in [0.717, 1.165) is 13.0 Å². The van der Waals surface area contributed by atoms with E-state index >= 15 is 0 Å². The summed E-state index contributed by atoms with van der Waals surface area (Å²) >= 11 is 1.73. The van der Waals surface area contributed by atoms with Crippen LogP contribution in [-0.2, 0) is 6.42 Å². The van der Waals surface area contributed by atoms with Gasteiger partial charge in [0, 0.05) is 23.8 Å². The quantitative estimate of drug-likeness (QED) is 0.735. The maximum absolute atomic E-state index is 5.70. The topological polar surface area (TPSA) is 94.5 Å². The molecule has 0 bridgehead atoms. The molecule has 0 aromatic carbocycles. The van der Waals surface area contributed by atoms with Crippen LogP contribution < -0.4 is 11.1 Å². The van der Waals surface area contributed by atoms with Crippen molar-refractivity contribution in [3.63, 3.8) is 0 Å². The summed E-state index contributed by atoms with van der Waals surface area (Å²) in [5.41, 5.74) is 5.70. The van der Waals surface area contributed by atoms with E-state index in [0.29, 0.717) is 11.9 Å². The van der Waals surface area contributed by atoms with Crippen molar-refractivity contribution in [2.24, 2.45) is 0 Å². The second-order valence-electron chi connectivity index (χ2n) is 4.04. The van der Waals surface area contributed by atoms with Crippen LogP contribution >= 0.6 is 11.3 Å². The van der Waals surface area contributed by atoms with Crippen LogP contribution in [0.15, 0.2) is 36.2 Å². The first kappa shape index (κ1) is 12.5. The summed E-state index contributed by atoms with van der Waals surface area (Å²) in [5, 5.41) is 5.22. The lowest BCUT2D eigenvalue weighted by Crippen LogP contribution is -2.12. The monoisotopic (exact) mass is 287 g/mol. The van der Waals surface area contributed by atoms with E-state index in [1.165, 1.54) is 4.88 Å². The molecular formula is C12H13N7S. The van der Waals surface area contributed by atoms with Gasteiger partial charge in [-0.2, -0.15) is 15.0 Å². The van der Waals surface area contributed by atoms with Crippen LogP contribution in [0.25, 0.3) is 5.95 Å². The lowest BCUT2D eigenvalue weighted by atomic mass is 10.3. The standard InChI is InChI=1S/C12H13N7S/c13-10-16-11(15-4-3-9-2-1-7-20-9)18-12(17-10)19-6-5-14-8-19/h1-2,5-8H,3-4H2,(H3,13,15,16,17,18). The molecule has 0 aliphatic carbocycles. The number of nitrogens with one attached hydrogen (secondary N) is 1. The predicted octanol–water partition coefficient (Wildman–Crippen LogP) is 1.36. The molecule has 3 aromatic rings. The Morgan fingerprint density at radius 3 is 3.00 bits per heavy atom. The molecule has 8 heteroatoms. The van der Waals surface area contributed by atoms with Crippen molar-refractivity contribution in [3.8, 4) is 5.95 Å². The molecule has 7 nitrogen and oxygen atoms in total. The largest absolute Gasteiger partial charge is 0.368 e. The van der Waals surface area contributed by atoms with Crippen LogP contribution in [-0.4, -0.2) is 31.0 Å². The second kappa shape index (κ2) is 5.66. The highest BCUT2D eigenvalue weighted by Crippen LogP contribution is 2.10. The van der Waals surface area contributed by atoms with E-state index in [2.05, 4.69) is 36.7 Å². The van der Waals surface area contributed by atoms with Gasteiger partial charge in [0.2, 0.25) is 17.8 Å². The molecule has 3 aromatic heterocycles. The molecule has 102 valence electrons. The highest BCUT2D eigenvalue weighted by atomic mass is 32.1. The van der Waals surface area contributed by atoms with Crippen molar-refractivity contribution in [1.29, 1.82) is 0 Å². The Labute approximate surface area is 119 Å². The van der Waals surface area contributed by atoms with Crippen molar-refractivity contribution >= 4 is 23.2 Å². The average Bonchev–Trinajstić information content (AvgIpc) is 3.11. The zero-order chi connectivity index (χ0) is 13.8. The number of nitrogens with two attached hydrogens (primary N) is 1. The maximum Gasteiger partial charge on any atom is 0.241 e. The third-order valence-corrected chi connectivity index (χ3v) is 3.55. The number of thiophene rings is 1. The van der Waals surface area contributed by atoms with Gasteiger partial charge in [0.05, 0.1) is 0 Å². The van der Waals surface area contributed by atoms with Gasteiger partial charge in [-0.05, 0) is 17.9 Å². The highest BCUT2D eigenvalue weighted by molar-refractivity contribution is 7.09. The third kappa shape index (κ3) is 2.91. The van der Waals surface area contributed by atoms with E-state index < -0.39 is 0 Å². The minimum atomic E-state index is 0.183. The van der Waals surface area contributed by atoms with Gasteiger partial charge in [-0.15, -0.1) is 11.3 Å². The number of hydrogen-bond donors (Lipinski definition) is 2. The average molecular weight is 287 g/mol. The van der Waals surface area contributed by atoms with Gasteiger partial charge in [0.1, 0.15) is 6.33 Å². The molecule has 3 heterocycles. The van der Waals surface area contributed by atoms with Crippen LogP contribution in [0.3, 0.4) is 0 Å². The molecule has 0 atom stereocenters. The Bertz CT molecular complexity index is 663. The number of imidazole rings is 1. The maximum atomic E-state index is 5.70. The summed E-state index contributed by atoms with van der Waals surface area (Å²) in [6.07, 6.45) is 5.95. The van der Waals surface area contributed by atoms with E-state index in [-0.39, 0.29) is 5.95 Å². The van der Waals surface area contributed by atoms with Crippen molar-refractivity contribution < 1.29 is 0 Å². The SMILES string of the molecule is Nc1nc(NCCc2cccs2)nc(-n2ccnc2)n1. The van der Waals surface area contributed by atoms with E-state index in [9.17, 15) is 0 Å². The number of aromatic nitrogens is 5. The van der Waals surface area contributed by atoms with Gasteiger partial charge in [-0.1, -0.05) is 6.07 Å². The minimum absolute atomic E-state index is 0.183. The van der Waals surface area contributed by atoms with Gasteiger partial charge >= 0.3 is 0 Å². The fraction of sp³-hybridized carbons (Fsp3) is 0.167. The fourth-order valence-corrected chi connectivity index (χ4v) is 2.41. The van der Waals surface area contributed by atoms with Gasteiger partial charge in [-0.25, -0.2) is 4.98 Å². The summed E-state index contributed by atoms with van der Waals surface area (Å²) < 4.78 is 1.68. The Hall–Kier alpha value is -2.48. The van der Waals surface area contributed by atoms with Gasteiger partial charge < -0.3 is 11.1 Å². The summed E-state index contributed by atoms with van der Waals surface area (Å²) in [7, 11) is 0. The summed E-state index contributed by atoms with van der Waals surface area (Å²) in [6, 6.07) is 4.14. The molecule has 0 fully saturated rings. The Balaban J connectivity index is 1.70. The Kier molecular flexibility index (Phi) is 3.55.